The summed E-state index contributed by atoms with van der Waals surface area (Å²) in [4.78, 5) is 12.7. The van der Waals surface area contributed by atoms with Crippen molar-refractivity contribution in [3.8, 4) is 5.69 Å². The Hall–Kier alpha value is -3.23. The number of aryl methyl sites for hydroxylation is 1. The maximum absolute atomic E-state index is 13.4. The van der Waals surface area contributed by atoms with E-state index >= 15 is 0 Å². The molecule has 0 atom stereocenters. The summed E-state index contributed by atoms with van der Waals surface area (Å²) >= 11 is 0. The van der Waals surface area contributed by atoms with Gasteiger partial charge in [-0.25, -0.2) is 0 Å². The highest BCUT2D eigenvalue weighted by Crippen LogP contribution is 2.37. The van der Waals surface area contributed by atoms with E-state index in [4.69, 9.17) is 0 Å². The molecule has 0 aliphatic rings. The first kappa shape index (κ1) is 21.5. The van der Waals surface area contributed by atoms with Gasteiger partial charge in [0.1, 0.15) is 0 Å². The minimum atomic E-state index is -4.67. The topological polar surface area (TPSA) is 34.0 Å². The number of para-hydroxylation sites is 2. The van der Waals surface area contributed by atoms with Crippen molar-refractivity contribution < 1.29 is 31.1 Å². The molecule has 1 amide bonds. The molecule has 0 unspecified atom stereocenters. The van der Waals surface area contributed by atoms with E-state index in [2.05, 4.69) is 5.32 Å². The Kier molecular flexibility index (Phi) is 5.40. The third-order valence-electron chi connectivity index (χ3n) is 4.61. The van der Waals surface area contributed by atoms with Crippen LogP contribution in [0.5, 0.6) is 0 Å². The van der Waals surface area contributed by atoms with Crippen molar-refractivity contribution in [1.82, 2.24) is 4.57 Å². The summed E-state index contributed by atoms with van der Waals surface area (Å²) in [7, 11) is 0. The van der Waals surface area contributed by atoms with Crippen LogP contribution in [0.4, 0.5) is 32.0 Å². The van der Waals surface area contributed by atoms with Crippen molar-refractivity contribution in [1.29, 1.82) is 0 Å². The van der Waals surface area contributed by atoms with E-state index in [1.165, 1.54) is 54.8 Å². The number of anilines is 1. The zero-order valence-electron chi connectivity index (χ0n) is 15.8. The lowest BCUT2D eigenvalue weighted by molar-refractivity contribution is -0.138. The van der Waals surface area contributed by atoms with Crippen LogP contribution in [-0.4, -0.2) is 10.5 Å². The molecule has 0 saturated carbocycles. The zero-order valence-corrected chi connectivity index (χ0v) is 15.8. The first-order chi connectivity index (χ1) is 13.9. The molecule has 3 nitrogen and oxygen atoms in total. The molecule has 1 aromatic heterocycles. The zero-order chi connectivity index (χ0) is 22.3. The Bertz CT molecular complexity index is 1100. The number of nitrogens with zero attached hydrogens (tertiary/aromatic N) is 1. The van der Waals surface area contributed by atoms with Crippen molar-refractivity contribution in [2.45, 2.75) is 26.2 Å². The number of benzene rings is 2. The van der Waals surface area contributed by atoms with Crippen LogP contribution in [0.15, 0.2) is 54.6 Å². The Labute approximate surface area is 167 Å². The third-order valence-corrected chi connectivity index (χ3v) is 4.61. The fraction of sp³-hybridized carbons (Fsp3) is 0.190. The molecule has 0 aliphatic carbocycles. The average molecular weight is 426 g/mol. The Balaban J connectivity index is 2.04. The standard InChI is InChI=1S/C21H16F6N2O/c1-12-11-14(19(30)28-17-9-5-3-7-15(17)20(22,23)24)13(2)29(12)18-10-6-4-8-16(18)21(25,26)27/h3-11H,1-2H3,(H,28,30). The summed E-state index contributed by atoms with van der Waals surface area (Å²) in [6.07, 6.45) is -9.29. The van der Waals surface area contributed by atoms with Gasteiger partial charge in [-0.2, -0.15) is 26.3 Å². The molecule has 3 aromatic rings. The highest BCUT2D eigenvalue weighted by Gasteiger charge is 2.35. The fourth-order valence-corrected chi connectivity index (χ4v) is 3.30. The second-order valence-corrected chi connectivity index (χ2v) is 6.63. The quantitative estimate of drug-likeness (QED) is 0.484. The molecule has 158 valence electrons. The van der Waals surface area contributed by atoms with E-state index in [1.807, 2.05) is 0 Å². The number of aromatic nitrogens is 1. The van der Waals surface area contributed by atoms with Crippen molar-refractivity contribution >= 4 is 11.6 Å². The molecule has 0 bridgehead atoms. The highest BCUT2D eigenvalue weighted by atomic mass is 19.4. The summed E-state index contributed by atoms with van der Waals surface area (Å²) < 4.78 is 81.0. The fourth-order valence-electron chi connectivity index (χ4n) is 3.30. The summed E-state index contributed by atoms with van der Waals surface area (Å²) in [5, 5.41) is 2.22. The molecular formula is C21H16F6N2O. The number of hydrogen-bond acceptors (Lipinski definition) is 1. The van der Waals surface area contributed by atoms with Crippen molar-refractivity contribution in [3.63, 3.8) is 0 Å². The van der Waals surface area contributed by atoms with Crippen molar-refractivity contribution in [2.75, 3.05) is 5.32 Å². The Morgan fingerprint density at radius 1 is 0.833 bits per heavy atom. The van der Waals surface area contributed by atoms with Gasteiger partial charge >= 0.3 is 12.4 Å². The lowest BCUT2D eigenvalue weighted by atomic mass is 10.1. The minimum absolute atomic E-state index is 0.0264. The van der Waals surface area contributed by atoms with Gasteiger partial charge in [-0.3, -0.25) is 4.79 Å². The molecule has 9 heteroatoms. The van der Waals surface area contributed by atoms with Gasteiger partial charge in [-0.1, -0.05) is 24.3 Å². The highest BCUT2D eigenvalue weighted by molar-refractivity contribution is 6.05. The van der Waals surface area contributed by atoms with E-state index in [9.17, 15) is 31.1 Å². The summed E-state index contributed by atoms with van der Waals surface area (Å²) in [5.74, 6) is -0.851. The number of alkyl halides is 6. The maximum atomic E-state index is 13.4. The van der Waals surface area contributed by atoms with Gasteiger partial charge in [-0.05, 0) is 44.2 Å². The summed E-state index contributed by atoms with van der Waals surface area (Å²) in [5.41, 5.74) is -2.04. The molecule has 2 aromatic carbocycles. The van der Waals surface area contributed by atoms with Crippen LogP contribution in [0.25, 0.3) is 5.69 Å². The van der Waals surface area contributed by atoms with Crippen LogP contribution < -0.4 is 5.32 Å². The third kappa shape index (κ3) is 4.05. The van der Waals surface area contributed by atoms with Crippen LogP contribution >= 0.6 is 0 Å². The number of amides is 1. The van der Waals surface area contributed by atoms with Crippen LogP contribution in [0.3, 0.4) is 0 Å². The lowest BCUT2D eigenvalue weighted by Gasteiger charge is -2.17. The summed E-state index contributed by atoms with van der Waals surface area (Å²) in [6.45, 7) is 2.95. The number of halogens is 6. The Morgan fingerprint density at radius 2 is 1.37 bits per heavy atom. The van der Waals surface area contributed by atoms with Gasteiger partial charge in [0, 0.05) is 11.4 Å². The molecule has 0 spiro atoms. The van der Waals surface area contributed by atoms with E-state index in [-0.39, 0.29) is 16.9 Å². The van der Waals surface area contributed by atoms with Gasteiger partial charge in [0.25, 0.3) is 5.91 Å². The second kappa shape index (κ2) is 7.55. The van der Waals surface area contributed by atoms with E-state index < -0.39 is 35.1 Å². The number of carbonyl (C=O) groups excluding carboxylic acids is 1. The Morgan fingerprint density at radius 3 is 1.97 bits per heavy atom. The first-order valence-corrected chi connectivity index (χ1v) is 8.74. The molecule has 0 saturated heterocycles. The maximum Gasteiger partial charge on any atom is 0.418 e. The number of rotatable bonds is 3. The van der Waals surface area contributed by atoms with E-state index in [0.717, 1.165) is 18.2 Å². The van der Waals surface area contributed by atoms with Crippen molar-refractivity contribution in [3.05, 3.63) is 82.7 Å². The molecule has 0 aliphatic heterocycles. The van der Waals surface area contributed by atoms with Crippen LogP contribution in [0.1, 0.15) is 32.9 Å². The van der Waals surface area contributed by atoms with Gasteiger partial charge < -0.3 is 9.88 Å². The van der Waals surface area contributed by atoms with Gasteiger partial charge in [0.2, 0.25) is 0 Å². The number of nitrogens with one attached hydrogen (secondary N) is 1. The molecule has 3 rings (SSSR count). The predicted octanol–water partition coefficient (Wildman–Crippen LogP) is 6.38. The van der Waals surface area contributed by atoms with Gasteiger partial charge in [0.15, 0.2) is 0 Å². The van der Waals surface area contributed by atoms with E-state index in [0.29, 0.717) is 5.69 Å². The second-order valence-electron chi connectivity index (χ2n) is 6.63. The van der Waals surface area contributed by atoms with E-state index in [1.54, 1.807) is 0 Å². The normalized spacial score (nSPS) is 12.1. The predicted molar refractivity (Wildman–Crippen MR) is 99.6 cm³/mol. The SMILES string of the molecule is Cc1cc(C(=O)Nc2ccccc2C(F)(F)F)c(C)n1-c1ccccc1C(F)(F)F. The number of carbonyl (C=O) groups is 1. The lowest BCUT2D eigenvalue weighted by Crippen LogP contribution is -2.17. The monoisotopic (exact) mass is 426 g/mol. The molecule has 0 radical (unpaired) electrons. The van der Waals surface area contributed by atoms with Crippen molar-refractivity contribution in [2.24, 2.45) is 0 Å². The minimum Gasteiger partial charge on any atom is -0.321 e. The number of hydrogen-bond donors (Lipinski definition) is 1. The van der Waals surface area contributed by atoms with Crippen LogP contribution in [-0.2, 0) is 12.4 Å². The smallest absolute Gasteiger partial charge is 0.321 e. The molecule has 30 heavy (non-hydrogen) atoms. The van der Waals surface area contributed by atoms with Crippen LogP contribution in [0, 0.1) is 13.8 Å². The molecule has 0 fully saturated rings. The molecule has 1 N–H and O–H groups in total. The van der Waals surface area contributed by atoms with Crippen LogP contribution in [0.2, 0.25) is 0 Å². The molecular weight excluding hydrogens is 410 g/mol. The molecule has 1 heterocycles. The van der Waals surface area contributed by atoms with Gasteiger partial charge in [0.05, 0.1) is 28.1 Å². The van der Waals surface area contributed by atoms with Gasteiger partial charge in [-0.15, -0.1) is 0 Å². The largest absolute Gasteiger partial charge is 0.418 e. The first-order valence-electron chi connectivity index (χ1n) is 8.74. The summed E-state index contributed by atoms with van der Waals surface area (Å²) in [6, 6.07) is 10.7. The average Bonchev–Trinajstić information content (AvgIpc) is 2.95.